The molecule has 0 bridgehead atoms. The van der Waals surface area contributed by atoms with E-state index in [0.29, 0.717) is 6.04 Å². The predicted octanol–water partition coefficient (Wildman–Crippen LogP) is 4.84. The highest BCUT2D eigenvalue weighted by Crippen LogP contribution is 2.10. The topological polar surface area (TPSA) is 12.0 Å². The first-order valence-corrected chi connectivity index (χ1v) is 7.89. The molecule has 0 aliphatic carbocycles. The standard InChI is InChI=1S/C16H27N.C2H6/c1-13(2)12-16-9-7-15(8-10-16)6-5-11-17-14(3)4;1-2/h7-10,13-14,17H,5-6,11-12H2,1-4H3;1-2H3. The molecule has 0 atom stereocenters. The van der Waals surface area contributed by atoms with Gasteiger partial charge in [0.25, 0.3) is 0 Å². The van der Waals surface area contributed by atoms with E-state index in [1.165, 1.54) is 30.4 Å². The highest BCUT2D eigenvalue weighted by atomic mass is 14.9. The molecule has 0 spiro atoms. The first-order valence-electron chi connectivity index (χ1n) is 7.89. The molecule has 1 aromatic rings. The van der Waals surface area contributed by atoms with Gasteiger partial charge in [0.15, 0.2) is 0 Å². The maximum absolute atomic E-state index is 3.45. The maximum Gasteiger partial charge on any atom is 0.00103 e. The fraction of sp³-hybridized carbons (Fsp3) is 0.667. The van der Waals surface area contributed by atoms with Crippen LogP contribution in [0.5, 0.6) is 0 Å². The van der Waals surface area contributed by atoms with Crippen LogP contribution in [0.3, 0.4) is 0 Å². The molecule has 0 radical (unpaired) electrons. The molecule has 1 heteroatoms. The minimum atomic E-state index is 0.600. The Kier molecular flexibility index (Phi) is 10.6. The van der Waals surface area contributed by atoms with Crippen molar-refractivity contribution < 1.29 is 0 Å². The molecular weight excluding hydrogens is 230 g/mol. The van der Waals surface area contributed by atoms with Crippen LogP contribution in [0.2, 0.25) is 0 Å². The molecule has 0 amide bonds. The van der Waals surface area contributed by atoms with Crippen LogP contribution in [0, 0.1) is 5.92 Å². The number of benzene rings is 1. The van der Waals surface area contributed by atoms with Crippen molar-refractivity contribution in [2.45, 2.75) is 66.8 Å². The Balaban J connectivity index is 0.00000154. The third-order valence-corrected chi connectivity index (χ3v) is 2.86. The molecule has 0 aromatic heterocycles. The number of hydrogen-bond acceptors (Lipinski definition) is 1. The summed E-state index contributed by atoms with van der Waals surface area (Å²) in [7, 11) is 0. The van der Waals surface area contributed by atoms with Crippen molar-refractivity contribution in [3.63, 3.8) is 0 Å². The van der Waals surface area contributed by atoms with Crippen LogP contribution in [-0.4, -0.2) is 12.6 Å². The second-order valence-corrected chi connectivity index (χ2v) is 5.63. The SMILES string of the molecule is CC.CC(C)Cc1ccc(CCCNC(C)C)cc1. The van der Waals surface area contributed by atoms with E-state index in [4.69, 9.17) is 0 Å². The highest BCUT2D eigenvalue weighted by molar-refractivity contribution is 5.22. The zero-order valence-corrected chi connectivity index (χ0v) is 13.8. The van der Waals surface area contributed by atoms with Crippen molar-refractivity contribution in [1.82, 2.24) is 5.32 Å². The van der Waals surface area contributed by atoms with Crippen molar-refractivity contribution in [3.8, 4) is 0 Å². The fourth-order valence-electron chi connectivity index (χ4n) is 2.00. The number of rotatable bonds is 7. The van der Waals surface area contributed by atoms with Gasteiger partial charge in [0.05, 0.1) is 0 Å². The van der Waals surface area contributed by atoms with Gasteiger partial charge in [0.1, 0.15) is 0 Å². The van der Waals surface area contributed by atoms with Crippen LogP contribution in [0.25, 0.3) is 0 Å². The average molecular weight is 263 g/mol. The summed E-state index contributed by atoms with van der Waals surface area (Å²) in [5, 5.41) is 3.45. The van der Waals surface area contributed by atoms with Crippen LogP contribution < -0.4 is 5.32 Å². The molecule has 0 aliphatic rings. The van der Waals surface area contributed by atoms with Crippen molar-refractivity contribution in [3.05, 3.63) is 35.4 Å². The Morgan fingerprint density at radius 1 is 0.895 bits per heavy atom. The molecule has 19 heavy (non-hydrogen) atoms. The van der Waals surface area contributed by atoms with Gasteiger partial charge in [0, 0.05) is 6.04 Å². The zero-order valence-electron chi connectivity index (χ0n) is 13.8. The van der Waals surface area contributed by atoms with Gasteiger partial charge in [-0.05, 0) is 42.9 Å². The van der Waals surface area contributed by atoms with Gasteiger partial charge in [-0.1, -0.05) is 65.8 Å². The highest BCUT2D eigenvalue weighted by Gasteiger charge is 1.99. The Hall–Kier alpha value is -0.820. The number of hydrogen-bond donors (Lipinski definition) is 1. The van der Waals surface area contributed by atoms with E-state index < -0.39 is 0 Å². The van der Waals surface area contributed by atoms with E-state index in [2.05, 4.69) is 57.3 Å². The largest absolute Gasteiger partial charge is 0.315 e. The molecule has 1 nitrogen and oxygen atoms in total. The molecule has 0 saturated carbocycles. The van der Waals surface area contributed by atoms with E-state index >= 15 is 0 Å². The molecule has 0 fully saturated rings. The maximum atomic E-state index is 3.45. The first kappa shape index (κ1) is 18.2. The van der Waals surface area contributed by atoms with Gasteiger partial charge in [-0.25, -0.2) is 0 Å². The zero-order chi connectivity index (χ0) is 14.7. The summed E-state index contributed by atoms with van der Waals surface area (Å²) in [6, 6.07) is 9.74. The Labute approximate surface area is 120 Å². The summed E-state index contributed by atoms with van der Waals surface area (Å²) in [6.07, 6.45) is 3.60. The lowest BCUT2D eigenvalue weighted by Crippen LogP contribution is -2.23. The Bertz CT molecular complexity index is 298. The van der Waals surface area contributed by atoms with Gasteiger partial charge in [-0.2, -0.15) is 0 Å². The molecular formula is C18H33N. The average Bonchev–Trinajstić information content (AvgIpc) is 2.38. The molecule has 0 unspecified atom stereocenters. The van der Waals surface area contributed by atoms with E-state index in [0.717, 1.165) is 12.5 Å². The summed E-state index contributed by atoms with van der Waals surface area (Å²) in [5.41, 5.74) is 2.92. The smallest absolute Gasteiger partial charge is 0.00103 e. The minimum absolute atomic E-state index is 0.600. The lowest BCUT2D eigenvalue weighted by atomic mass is 10.0. The second-order valence-electron chi connectivity index (χ2n) is 5.63. The summed E-state index contributed by atoms with van der Waals surface area (Å²) < 4.78 is 0. The number of nitrogens with one attached hydrogen (secondary N) is 1. The fourth-order valence-corrected chi connectivity index (χ4v) is 2.00. The normalized spacial score (nSPS) is 10.5. The van der Waals surface area contributed by atoms with Crippen molar-refractivity contribution >= 4 is 0 Å². The lowest BCUT2D eigenvalue weighted by Gasteiger charge is -2.08. The summed E-state index contributed by atoms with van der Waals surface area (Å²) in [6.45, 7) is 14.0. The second kappa shape index (κ2) is 11.0. The Morgan fingerprint density at radius 2 is 1.42 bits per heavy atom. The van der Waals surface area contributed by atoms with Gasteiger partial charge in [-0.15, -0.1) is 0 Å². The van der Waals surface area contributed by atoms with Crippen LogP contribution in [0.15, 0.2) is 24.3 Å². The number of aryl methyl sites for hydroxylation is 1. The molecule has 1 rings (SSSR count). The van der Waals surface area contributed by atoms with Gasteiger partial charge < -0.3 is 5.32 Å². The van der Waals surface area contributed by atoms with Crippen LogP contribution >= 0.6 is 0 Å². The molecule has 0 aliphatic heterocycles. The van der Waals surface area contributed by atoms with Crippen molar-refractivity contribution in [2.75, 3.05) is 6.54 Å². The minimum Gasteiger partial charge on any atom is -0.315 e. The van der Waals surface area contributed by atoms with Crippen LogP contribution in [-0.2, 0) is 12.8 Å². The Morgan fingerprint density at radius 3 is 1.89 bits per heavy atom. The summed E-state index contributed by atoms with van der Waals surface area (Å²) in [5.74, 6) is 0.746. The van der Waals surface area contributed by atoms with Crippen LogP contribution in [0.4, 0.5) is 0 Å². The molecule has 0 saturated heterocycles. The van der Waals surface area contributed by atoms with Crippen molar-refractivity contribution in [2.24, 2.45) is 5.92 Å². The van der Waals surface area contributed by atoms with E-state index in [9.17, 15) is 0 Å². The van der Waals surface area contributed by atoms with Gasteiger partial charge in [-0.3, -0.25) is 0 Å². The van der Waals surface area contributed by atoms with E-state index in [-0.39, 0.29) is 0 Å². The summed E-state index contributed by atoms with van der Waals surface area (Å²) in [4.78, 5) is 0. The van der Waals surface area contributed by atoms with Gasteiger partial charge in [0.2, 0.25) is 0 Å². The third kappa shape index (κ3) is 9.72. The van der Waals surface area contributed by atoms with E-state index in [1.54, 1.807) is 0 Å². The molecule has 1 N–H and O–H groups in total. The molecule has 1 aromatic carbocycles. The summed E-state index contributed by atoms with van der Waals surface area (Å²) >= 11 is 0. The van der Waals surface area contributed by atoms with Crippen LogP contribution in [0.1, 0.15) is 59.1 Å². The monoisotopic (exact) mass is 263 g/mol. The van der Waals surface area contributed by atoms with E-state index in [1.807, 2.05) is 13.8 Å². The predicted molar refractivity (Wildman–Crippen MR) is 87.8 cm³/mol. The van der Waals surface area contributed by atoms with Crippen molar-refractivity contribution in [1.29, 1.82) is 0 Å². The lowest BCUT2D eigenvalue weighted by molar-refractivity contribution is 0.570. The molecule has 0 heterocycles. The first-order chi connectivity index (χ1) is 9.08. The van der Waals surface area contributed by atoms with Gasteiger partial charge >= 0.3 is 0 Å². The quantitative estimate of drug-likeness (QED) is 0.694. The third-order valence-electron chi connectivity index (χ3n) is 2.86. The molecule has 110 valence electrons.